The maximum Gasteiger partial charge on any atom is 0.322 e. The van der Waals surface area contributed by atoms with Crippen molar-refractivity contribution in [1.29, 1.82) is 0 Å². The Morgan fingerprint density at radius 3 is 2.65 bits per heavy atom. The van der Waals surface area contributed by atoms with Crippen LogP contribution < -0.4 is 15.4 Å². The highest BCUT2D eigenvalue weighted by Gasteiger charge is 2.02. The molecular weight excluding hydrogens is 296 g/mol. The summed E-state index contributed by atoms with van der Waals surface area (Å²) >= 11 is 0. The molecule has 0 fully saturated rings. The van der Waals surface area contributed by atoms with Crippen molar-refractivity contribution in [2.45, 2.75) is 6.92 Å². The largest absolute Gasteiger partial charge is 0.480 e. The van der Waals surface area contributed by atoms with Gasteiger partial charge < -0.3 is 20.5 Å². The van der Waals surface area contributed by atoms with Crippen molar-refractivity contribution < 1.29 is 14.6 Å². The first-order chi connectivity index (χ1) is 11.1. The lowest BCUT2D eigenvalue weighted by molar-refractivity contribution is -0.134. The van der Waals surface area contributed by atoms with Gasteiger partial charge in [-0.25, -0.2) is 4.98 Å². The number of carboxylic acid groups (broad SMARTS) is 1. The van der Waals surface area contributed by atoms with E-state index in [0.29, 0.717) is 17.3 Å². The molecule has 0 atom stereocenters. The van der Waals surface area contributed by atoms with Crippen LogP contribution in [-0.4, -0.2) is 35.5 Å². The molecule has 0 saturated heterocycles. The molecule has 7 heteroatoms. The number of aliphatic imine (C=N–C) groups is 1. The van der Waals surface area contributed by atoms with Crippen molar-refractivity contribution >= 4 is 23.3 Å². The maximum atomic E-state index is 10.5. The molecule has 0 bridgehead atoms. The number of ether oxygens (including phenoxy) is 1. The number of aliphatic carboxylic acids is 1. The van der Waals surface area contributed by atoms with Gasteiger partial charge in [0.25, 0.3) is 0 Å². The molecule has 3 N–H and O–H groups in total. The molecule has 120 valence electrons. The van der Waals surface area contributed by atoms with Crippen LogP contribution in [-0.2, 0) is 4.79 Å². The van der Waals surface area contributed by atoms with E-state index in [-0.39, 0.29) is 6.54 Å². The van der Waals surface area contributed by atoms with E-state index in [9.17, 15) is 4.79 Å². The van der Waals surface area contributed by atoms with E-state index in [4.69, 9.17) is 9.84 Å². The Hall–Kier alpha value is -3.09. The quantitative estimate of drug-likeness (QED) is 0.560. The Kier molecular flexibility index (Phi) is 5.51. The monoisotopic (exact) mass is 314 g/mol. The Labute approximate surface area is 134 Å². The number of carbonyl (C=O) groups is 1. The number of carboxylic acids is 1. The SMILES string of the molecule is CN=C(C)Nc1ccc(Oc2ccnc(NCC(=O)O)c2)cc1. The maximum absolute atomic E-state index is 10.5. The number of hydrogen-bond donors (Lipinski definition) is 3. The lowest BCUT2D eigenvalue weighted by Crippen LogP contribution is -2.13. The van der Waals surface area contributed by atoms with Gasteiger partial charge in [-0.3, -0.25) is 9.79 Å². The summed E-state index contributed by atoms with van der Waals surface area (Å²) in [6, 6.07) is 10.8. The Morgan fingerprint density at radius 1 is 1.26 bits per heavy atom. The van der Waals surface area contributed by atoms with E-state index in [2.05, 4.69) is 20.6 Å². The molecule has 0 aliphatic rings. The first-order valence-corrected chi connectivity index (χ1v) is 6.97. The van der Waals surface area contributed by atoms with Gasteiger partial charge in [0.15, 0.2) is 0 Å². The van der Waals surface area contributed by atoms with Crippen LogP contribution in [0.2, 0.25) is 0 Å². The van der Waals surface area contributed by atoms with Crippen LogP contribution in [0.5, 0.6) is 11.5 Å². The third-order valence-electron chi connectivity index (χ3n) is 2.90. The highest BCUT2D eigenvalue weighted by Crippen LogP contribution is 2.24. The number of anilines is 2. The Bertz CT molecular complexity index is 699. The van der Waals surface area contributed by atoms with Gasteiger partial charge in [0.1, 0.15) is 23.9 Å². The van der Waals surface area contributed by atoms with Gasteiger partial charge in [0.05, 0.1) is 5.84 Å². The minimum Gasteiger partial charge on any atom is -0.480 e. The van der Waals surface area contributed by atoms with Crippen molar-refractivity contribution in [2.24, 2.45) is 4.99 Å². The van der Waals surface area contributed by atoms with Crippen molar-refractivity contribution in [1.82, 2.24) is 4.98 Å². The van der Waals surface area contributed by atoms with Gasteiger partial charge in [0, 0.05) is 25.0 Å². The molecule has 0 radical (unpaired) electrons. The minimum absolute atomic E-state index is 0.199. The number of nitrogens with one attached hydrogen (secondary N) is 2. The topological polar surface area (TPSA) is 95.8 Å². The number of benzene rings is 1. The zero-order valence-corrected chi connectivity index (χ0v) is 12.9. The lowest BCUT2D eigenvalue weighted by Gasteiger charge is -2.09. The highest BCUT2D eigenvalue weighted by molar-refractivity contribution is 5.93. The van der Waals surface area contributed by atoms with E-state index in [1.807, 2.05) is 31.2 Å². The fourth-order valence-corrected chi connectivity index (χ4v) is 1.74. The fraction of sp³-hybridized carbons (Fsp3) is 0.188. The van der Waals surface area contributed by atoms with E-state index in [1.165, 1.54) is 0 Å². The van der Waals surface area contributed by atoms with Crippen LogP contribution in [0.3, 0.4) is 0 Å². The summed E-state index contributed by atoms with van der Waals surface area (Å²) in [5.41, 5.74) is 0.916. The van der Waals surface area contributed by atoms with E-state index < -0.39 is 5.97 Å². The zero-order chi connectivity index (χ0) is 16.7. The van der Waals surface area contributed by atoms with Crippen molar-refractivity contribution in [3.05, 3.63) is 42.6 Å². The number of rotatable bonds is 6. The van der Waals surface area contributed by atoms with Gasteiger partial charge >= 0.3 is 5.97 Å². The smallest absolute Gasteiger partial charge is 0.322 e. The molecule has 23 heavy (non-hydrogen) atoms. The van der Waals surface area contributed by atoms with Gasteiger partial charge in [-0.1, -0.05) is 0 Å². The number of hydrogen-bond acceptors (Lipinski definition) is 5. The normalized spacial score (nSPS) is 11.0. The summed E-state index contributed by atoms with van der Waals surface area (Å²) in [5, 5.41) is 14.5. The minimum atomic E-state index is -0.952. The summed E-state index contributed by atoms with van der Waals surface area (Å²) in [6.45, 7) is 1.68. The molecule has 1 aromatic heterocycles. The first-order valence-electron chi connectivity index (χ1n) is 6.97. The predicted octanol–water partition coefficient (Wildman–Crippen LogP) is 2.83. The molecule has 7 nitrogen and oxygen atoms in total. The summed E-state index contributed by atoms with van der Waals surface area (Å²) in [6.07, 6.45) is 1.55. The second-order valence-electron chi connectivity index (χ2n) is 4.68. The molecule has 1 heterocycles. The van der Waals surface area contributed by atoms with Gasteiger partial charge in [-0.15, -0.1) is 0 Å². The van der Waals surface area contributed by atoms with Gasteiger partial charge in [0.2, 0.25) is 0 Å². The predicted molar refractivity (Wildman–Crippen MR) is 89.5 cm³/mol. The summed E-state index contributed by atoms with van der Waals surface area (Å²) in [7, 11) is 1.72. The number of aromatic nitrogens is 1. The van der Waals surface area contributed by atoms with Crippen LogP contribution in [0.15, 0.2) is 47.6 Å². The van der Waals surface area contributed by atoms with Crippen LogP contribution in [0.4, 0.5) is 11.5 Å². The molecule has 1 aromatic carbocycles. The van der Waals surface area contributed by atoms with Crippen LogP contribution in [0.1, 0.15) is 6.92 Å². The fourth-order valence-electron chi connectivity index (χ4n) is 1.74. The molecule has 0 spiro atoms. The number of pyridine rings is 1. The summed E-state index contributed by atoms with van der Waals surface area (Å²) in [4.78, 5) is 18.6. The number of amidine groups is 1. The van der Waals surface area contributed by atoms with Crippen molar-refractivity contribution in [3.8, 4) is 11.5 Å². The van der Waals surface area contributed by atoms with Crippen LogP contribution in [0, 0.1) is 0 Å². The number of nitrogens with zero attached hydrogens (tertiary/aromatic N) is 2. The molecule has 0 saturated carbocycles. The zero-order valence-electron chi connectivity index (χ0n) is 12.9. The lowest BCUT2D eigenvalue weighted by atomic mass is 10.3. The van der Waals surface area contributed by atoms with Crippen LogP contribution in [0.25, 0.3) is 0 Å². The Morgan fingerprint density at radius 2 is 2.00 bits per heavy atom. The van der Waals surface area contributed by atoms with Crippen molar-refractivity contribution in [3.63, 3.8) is 0 Å². The van der Waals surface area contributed by atoms with Crippen LogP contribution >= 0.6 is 0 Å². The average molecular weight is 314 g/mol. The first kappa shape index (κ1) is 16.3. The molecule has 0 aliphatic carbocycles. The van der Waals surface area contributed by atoms with E-state index in [1.54, 1.807) is 25.4 Å². The average Bonchev–Trinajstić information content (AvgIpc) is 2.55. The molecule has 0 aliphatic heterocycles. The standard InChI is InChI=1S/C16H18N4O3/c1-11(17-2)20-12-3-5-13(6-4-12)23-14-7-8-18-15(9-14)19-10-16(21)22/h3-9H,10H2,1-2H3,(H,17,20)(H,18,19)(H,21,22). The third-order valence-corrected chi connectivity index (χ3v) is 2.90. The summed E-state index contributed by atoms with van der Waals surface area (Å²) < 4.78 is 5.73. The third kappa shape index (κ3) is 5.31. The van der Waals surface area contributed by atoms with E-state index >= 15 is 0 Å². The summed E-state index contributed by atoms with van der Waals surface area (Å²) in [5.74, 6) is 1.55. The second-order valence-corrected chi connectivity index (χ2v) is 4.68. The molecule has 2 rings (SSSR count). The molecule has 0 unspecified atom stereocenters. The van der Waals surface area contributed by atoms with Crippen molar-refractivity contribution in [2.75, 3.05) is 24.2 Å². The van der Waals surface area contributed by atoms with Gasteiger partial charge in [-0.2, -0.15) is 0 Å². The van der Waals surface area contributed by atoms with E-state index in [0.717, 1.165) is 11.5 Å². The molecular formula is C16H18N4O3. The molecule has 2 aromatic rings. The Balaban J connectivity index is 2.01. The highest BCUT2D eigenvalue weighted by atomic mass is 16.5. The van der Waals surface area contributed by atoms with Gasteiger partial charge in [-0.05, 0) is 37.3 Å². The second kappa shape index (κ2) is 7.79. The molecule has 0 amide bonds.